The standard InChI is InChI=1S/C12H25NO2S/c1-4-8-16(14,15)9-7-12(2,3)10-13-11-5-6-11/h11,13H,4-10H2,1-3H3. The third kappa shape index (κ3) is 5.85. The van der Waals surface area contributed by atoms with Gasteiger partial charge < -0.3 is 5.32 Å². The van der Waals surface area contributed by atoms with Gasteiger partial charge in [-0.05, 0) is 31.1 Å². The number of nitrogens with one attached hydrogen (secondary N) is 1. The lowest BCUT2D eigenvalue weighted by molar-refractivity contribution is 0.327. The van der Waals surface area contributed by atoms with Gasteiger partial charge in [0, 0.05) is 18.3 Å². The van der Waals surface area contributed by atoms with Crippen molar-refractivity contribution in [3.8, 4) is 0 Å². The van der Waals surface area contributed by atoms with Crippen LogP contribution in [0.3, 0.4) is 0 Å². The lowest BCUT2D eigenvalue weighted by Gasteiger charge is -2.25. The third-order valence-corrected chi connectivity index (χ3v) is 4.91. The second-order valence-corrected chi connectivity index (χ2v) is 8.02. The van der Waals surface area contributed by atoms with Crippen LogP contribution in [0.4, 0.5) is 0 Å². The van der Waals surface area contributed by atoms with Crippen molar-refractivity contribution in [2.45, 2.75) is 52.5 Å². The van der Waals surface area contributed by atoms with Crippen molar-refractivity contribution < 1.29 is 8.42 Å². The maximum Gasteiger partial charge on any atom is 0.150 e. The molecule has 1 N–H and O–H groups in total. The van der Waals surface area contributed by atoms with E-state index in [0.717, 1.165) is 19.4 Å². The first-order valence-corrected chi connectivity index (χ1v) is 8.10. The van der Waals surface area contributed by atoms with Gasteiger partial charge in [0.2, 0.25) is 0 Å². The summed E-state index contributed by atoms with van der Waals surface area (Å²) >= 11 is 0. The molecule has 0 aliphatic heterocycles. The maximum atomic E-state index is 11.6. The molecule has 1 rings (SSSR count). The molecule has 0 atom stereocenters. The van der Waals surface area contributed by atoms with Crippen molar-refractivity contribution in [1.82, 2.24) is 5.32 Å². The fourth-order valence-corrected chi connectivity index (χ4v) is 3.33. The Hall–Kier alpha value is -0.0900. The molecular weight excluding hydrogens is 222 g/mol. The van der Waals surface area contributed by atoms with Gasteiger partial charge in [0.25, 0.3) is 0 Å². The minimum atomic E-state index is -2.82. The van der Waals surface area contributed by atoms with Crippen molar-refractivity contribution in [3.05, 3.63) is 0 Å². The Morgan fingerprint density at radius 2 is 1.88 bits per heavy atom. The summed E-state index contributed by atoms with van der Waals surface area (Å²) < 4.78 is 23.2. The molecule has 1 aliphatic carbocycles. The summed E-state index contributed by atoms with van der Waals surface area (Å²) in [5, 5.41) is 3.47. The van der Waals surface area contributed by atoms with Gasteiger partial charge in [-0.3, -0.25) is 0 Å². The molecule has 16 heavy (non-hydrogen) atoms. The number of sulfone groups is 1. The third-order valence-electron chi connectivity index (χ3n) is 3.05. The molecule has 0 heterocycles. The average Bonchev–Trinajstić information content (AvgIpc) is 2.96. The molecule has 4 heteroatoms. The van der Waals surface area contributed by atoms with Crippen LogP contribution in [0.5, 0.6) is 0 Å². The van der Waals surface area contributed by atoms with E-state index in [1.54, 1.807) is 0 Å². The van der Waals surface area contributed by atoms with Crippen LogP contribution in [0.15, 0.2) is 0 Å². The van der Waals surface area contributed by atoms with Crippen molar-refractivity contribution >= 4 is 9.84 Å². The maximum absolute atomic E-state index is 11.6. The molecule has 3 nitrogen and oxygen atoms in total. The van der Waals surface area contributed by atoms with Gasteiger partial charge in [0.05, 0.1) is 5.75 Å². The predicted octanol–water partition coefficient (Wildman–Crippen LogP) is 1.98. The molecule has 1 aliphatic rings. The summed E-state index contributed by atoms with van der Waals surface area (Å²) in [6.45, 7) is 7.13. The Balaban J connectivity index is 2.27. The zero-order chi connectivity index (χ0) is 12.2. The first-order valence-electron chi connectivity index (χ1n) is 6.28. The summed E-state index contributed by atoms with van der Waals surface area (Å²) in [6.07, 6.45) is 4.05. The molecule has 0 aromatic carbocycles. The molecule has 96 valence electrons. The summed E-state index contributed by atoms with van der Waals surface area (Å²) in [7, 11) is -2.82. The van der Waals surface area contributed by atoms with Crippen LogP contribution < -0.4 is 5.32 Å². The Morgan fingerprint density at radius 3 is 2.38 bits per heavy atom. The molecule has 1 saturated carbocycles. The fraction of sp³-hybridized carbons (Fsp3) is 1.00. The lowest BCUT2D eigenvalue weighted by Crippen LogP contribution is -2.32. The quantitative estimate of drug-likeness (QED) is 0.713. The van der Waals surface area contributed by atoms with Gasteiger partial charge in [-0.2, -0.15) is 0 Å². The van der Waals surface area contributed by atoms with E-state index in [9.17, 15) is 8.42 Å². The van der Waals surface area contributed by atoms with E-state index in [-0.39, 0.29) is 5.41 Å². The second-order valence-electron chi connectivity index (χ2n) is 5.72. The lowest BCUT2D eigenvalue weighted by atomic mass is 9.90. The molecule has 0 bridgehead atoms. The van der Waals surface area contributed by atoms with Gasteiger partial charge in [-0.1, -0.05) is 20.8 Å². The summed E-state index contributed by atoms with van der Waals surface area (Å²) in [5.74, 6) is 0.666. The minimum Gasteiger partial charge on any atom is -0.313 e. The predicted molar refractivity (Wildman–Crippen MR) is 68.4 cm³/mol. The van der Waals surface area contributed by atoms with E-state index in [1.165, 1.54) is 12.8 Å². The molecule has 0 radical (unpaired) electrons. The van der Waals surface area contributed by atoms with Gasteiger partial charge in [0.1, 0.15) is 9.84 Å². The van der Waals surface area contributed by atoms with E-state index in [4.69, 9.17) is 0 Å². The van der Waals surface area contributed by atoms with E-state index < -0.39 is 9.84 Å². The highest BCUT2D eigenvalue weighted by atomic mass is 32.2. The van der Waals surface area contributed by atoms with Crippen LogP contribution in [-0.2, 0) is 9.84 Å². The van der Waals surface area contributed by atoms with Gasteiger partial charge in [-0.15, -0.1) is 0 Å². The highest BCUT2D eigenvalue weighted by molar-refractivity contribution is 7.91. The monoisotopic (exact) mass is 247 g/mol. The number of rotatable bonds is 8. The van der Waals surface area contributed by atoms with Crippen molar-refractivity contribution in [1.29, 1.82) is 0 Å². The highest BCUT2D eigenvalue weighted by Gasteiger charge is 2.26. The molecule has 0 unspecified atom stereocenters. The van der Waals surface area contributed by atoms with E-state index in [2.05, 4.69) is 19.2 Å². The molecule has 0 aromatic rings. The van der Waals surface area contributed by atoms with Gasteiger partial charge >= 0.3 is 0 Å². The second kappa shape index (κ2) is 5.50. The zero-order valence-electron chi connectivity index (χ0n) is 10.8. The first-order chi connectivity index (χ1) is 7.35. The van der Waals surface area contributed by atoms with Crippen LogP contribution in [-0.4, -0.2) is 32.5 Å². The van der Waals surface area contributed by atoms with Crippen molar-refractivity contribution in [2.75, 3.05) is 18.1 Å². The van der Waals surface area contributed by atoms with Gasteiger partial charge in [-0.25, -0.2) is 8.42 Å². The Morgan fingerprint density at radius 1 is 1.25 bits per heavy atom. The molecular formula is C12H25NO2S. The molecule has 0 spiro atoms. The largest absolute Gasteiger partial charge is 0.313 e. The van der Waals surface area contributed by atoms with Crippen LogP contribution in [0.1, 0.15) is 46.5 Å². The Bertz CT molecular complexity index is 305. The molecule has 0 saturated heterocycles. The average molecular weight is 247 g/mol. The molecule has 0 amide bonds. The van der Waals surface area contributed by atoms with Crippen LogP contribution in [0.2, 0.25) is 0 Å². The fourth-order valence-electron chi connectivity index (χ4n) is 1.64. The molecule has 1 fully saturated rings. The topological polar surface area (TPSA) is 46.2 Å². The smallest absolute Gasteiger partial charge is 0.150 e. The normalized spacial score (nSPS) is 17.7. The van der Waals surface area contributed by atoms with E-state index >= 15 is 0 Å². The van der Waals surface area contributed by atoms with Gasteiger partial charge in [0.15, 0.2) is 0 Å². The number of hydrogen-bond donors (Lipinski definition) is 1. The zero-order valence-corrected chi connectivity index (χ0v) is 11.6. The van der Waals surface area contributed by atoms with E-state index in [1.807, 2.05) is 6.92 Å². The summed E-state index contributed by atoms with van der Waals surface area (Å²) in [5.41, 5.74) is 0.0867. The van der Waals surface area contributed by atoms with Crippen molar-refractivity contribution in [3.63, 3.8) is 0 Å². The SMILES string of the molecule is CCCS(=O)(=O)CCC(C)(C)CNC1CC1. The van der Waals surface area contributed by atoms with Crippen molar-refractivity contribution in [2.24, 2.45) is 5.41 Å². The van der Waals surface area contributed by atoms with Crippen LogP contribution in [0.25, 0.3) is 0 Å². The Labute approximate surface area is 99.9 Å². The van der Waals surface area contributed by atoms with E-state index in [0.29, 0.717) is 17.5 Å². The van der Waals surface area contributed by atoms with Crippen LogP contribution >= 0.6 is 0 Å². The molecule has 0 aromatic heterocycles. The minimum absolute atomic E-state index is 0.0867. The summed E-state index contributed by atoms with van der Waals surface area (Å²) in [4.78, 5) is 0. The first kappa shape index (κ1) is 14.0. The number of hydrogen-bond acceptors (Lipinski definition) is 3. The van der Waals surface area contributed by atoms with Crippen LogP contribution in [0, 0.1) is 5.41 Å². The highest BCUT2D eigenvalue weighted by Crippen LogP contribution is 2.24. The Kier molecular flexibility index (Phi) is 4.80. The summed E-state index contributed by atoms with van der Waals surface area (Å²) in [6, 6.07) is 0.700.